The Morgan fingerprint density at radius 3 is 2.70 bits per heavy atom. The lowest BCUT2D eigenvalue weighted by molar-refractivity contribution is -0.138. The van der Waals surface area contributed by atoms with Crippen LogP contribution in [-0.2, 0) is 4.79 Å². The molecule has 4 N–H and O–H groups in total. The molecule has 3 atom stereocenters. The largest absolute Gasteiger partial charge is 0.481 e. The fourth-order valence-electron chi connectivity index (χ4n) is 1.11. The van der Waals surface area contributed by atoms with Gasteiger partial charge in [-0.25, -0.2) is 0 Å². The summed E-state index contributed by atoms with van der Waals surface area (Å²) in [4.78, 5) is 10.3. The van der Waals surface area contributed by atoms with Crippen LogP contribution in [0.4, 0.5) is 0 Å². The highest BCUT2D eigenvalue weighted by Crippen LogP contribution is 2.40. The van der Waals surface area contributed by atoms with Crippen LogP contribution >= 0.6 is 0 Å². The number of aliphatic carboxylic acids is 1. The van der Waals surface area contributed by atoms with Crippen molar-refractivity contribution in [2.24, 2.45) is 17.6 Å². The van der Waals surface area contributed by atoms with E-state index in [0.29, 0.717) is 6.42 Å². The van der Waals surface area contributed by atoms with E-state index >= 15 is 0 Å². The first-order valence-corrected chi connectivity index (χ1v) is 3.26. The van der Waals surface area contributed by atoms with Gasteiger partial charge < -0.3 is 15.9 Å². The predicted octanol–water partition coefficient (Wildman–Crippen LogP) is -0.973. The minimum Gasteiger partial charge on any atom is -0.481 e. The molecule has 1 aliphatic rings. The second kappa shape index (κ2) is 2.56. The third-order valence-electron chi connectivity index (χ3n) is 1.92. The molecule has 0 unspecified atom stereocenters. The van der Waals surface area contributed by atoms with Gasteiger partial charge in [0, 0.05) is 6.04 Å². The Morgan fingerprint density at radius 1 is 1.80 bits per heavy atom. The van der Waals surface area contributed by atoms with Crippen LogP contribution in [0, 0.1) is 11.8 Å². The zero-order valence-corrected chi connectivity index (χ0v) is 5.53. The number of nitrogens with two attached hydrogens (primary N) is 1. The number of carbonyl (C=O) groups is 1. The van der Waals surface area contributed by atoms with Gasteiger partial charge in [0.05, 0.1) is 12.5 Å². The normalized spacial score (nSPS) is 33.4. The first kappa shape index (κ1) is 7.50. The van der Waals surface area contributed by atoms with Crippen LogP contribution in [-0.4, -0.2) is 28.8 Å². The molecular formula is C6H11NO3. The minimum absolute atomic E-state index is 0.00231. The summed E-state index contributed by atoms with van der Waals surface area (Å²) in [6.45, 7) is -0.117. The molecule has 0 bridgehead atoms. The van der Waals surface area contributed by atoms with Crippen LogP contribution in [0.25, 0.3) is 0 Å². The van der Waals surface area contributed by atoms with Gasteiger partial charge in [-0.2, -0.15) is 0 Å². The molecule has 0 spiro atoms. The lowest BCUT2D eigenvalue weighted by Gasteiger charge is -2.03. The monoisotopic (exact) mass is 145 g/mol. The second-order valence-electron chi connectivity index (χ2n) is 2.69. The molecule has 0 aromatic carbocycles. The summed E-state index contributed by atoms with van der Waals surface area (Å²) in [6, 6.07) is -0.346. The average molecular weight is 145 g/mol. The van der Waals surface area contributed by atoms with Gasteiger partial charge in [-0.1, -0.05) is 0 Å². The summed E-state index contributed by atoms with van der Waals surface area (Å²) < 4.78 is 0. The Bertz CT molecular complexity index is 148. The van der Waals surface area contributed by atoms with Gasteiger partial charge in [0.25, 0.3) is 0 Å². The summed E-state index contributed by atoms with van der Waals surface area (Å²) in [5.74, 6) is -1.10. The molecule has 0 aromatic rings. The van der Waals surface area contributed by atoms with E-state index in [1.54, 1.807) is 0 Å². The molecule has 1 rings (SSSR count). The van der Waals surface area contributed by atoms with Crippen molar-refractivity contribution in [3.8, 4) is 0 Å². The van der Waals surface area contributed by atoms with Crippen LogP contribution in [0.2, 0.25) is 0 Å². The van der Waals surface area contributed by atoms with Crippen LogP contribution in [0.1, 0.15) is 6.42 Å². The van der Waals surface area contributed by atoms with Gasteiger partial charge in [-0.15, -0.1) is 0 Å². The highest BCUT2D eigenvalue weighted by Gasteiger charge is 2.46. The smallest absolute Gasteiger partial charge is 0.306 e. The van der Waals surface area contributed by atoms with E-state index in [9.17, 15) is 4.79 Å². The van der Waals surface area contributed by atoms with E-state index in [0.717, 1.165) is 0 Å². The Kier molecular flexibility index (Phi) is 1.92. The van der Waals surface area contributed by atoms with Crippen molar-refractivity contribution in [3.05, 3.63) is 0 Å². The van der Waals surface area contributed by atoms with Crippen molar-refractivity contribution in [1.29, 1.82) is 0 Å². The van der Waals surface area contributed by atoms with Gasteiger partial charge in [0.2, 0.25) is 0 Å². The maximum Gasteiger partial charge on any atom is 0.306 e. The zero-order chi connectivity index (χ0) is 7.72. The third kappa shape index (κ3) is 1.27. The Balaban J connectivity index is 2.31. The van der Waals surface area contributed by atoms with E-state index in [1.165, 1.54) is 0 Å². The molecule has 4 nitrogen and oxygen atoms in total. The van der Waals surface area contributed by atoms with Gasteiger partial charge in [0.1, 0.15) is 0 Å². The van der Waals surface area contributed by atoms with Crippen LogP contribution in [0.3, 0.4) is 0 Å². The molecule has 0 heterocycles. The first-order valence-electron chi connectivity index (χ1n) is 3.26. The highest BCUT2D eigenvalue weighted by molar-refractivity contribution is 5.73. The standard InChI is InChI=1S/C6H11NO3/c7-5(2-8)3-1-4(3)6(9)10/h3-5,8H,1-2,7H2,(H,9,10)/t3-,4+,5+/m0/s1. The van der Waals surface area contributed by atoms with Crippen molar-refractivity contribution in [1.82, 2.24) is 0 Å². The fraction of sp³-hybridized carbons (Fsp3) is 0.833. The van der Waals surface area contributed by atoms with E-state index in [4.69, 9.17) is 15.9 Å². The summed E-state index contributed by atoms with van der Waals surface area (Å²) in [5, 5.41) is 17.0. The molecular weight excluding hydrogens is 134 g/mol. The van der Waals surface area contributed by atoms with Crippen molar-refractivity contribution in [3.63, 3.8) is 0 Å². The van der Waals surface area contributed by atoms with Crippen molar-refractivity contribution in [2.45, 2.75) is 12.5 Å². The maximum absolute atomic E-state index is 10.3. The Labute approximate surface area is 58.6 Å². The SMILES string of the molecule is N[C@H](CO)[C@H]1C[C@H]1C(=O)O. The van der Waals surface area contributed by atoms with Crippen LogP contribution in [0.15, 0.2) is 0 Å². The minimum atomic E-state index is -0.797. The summed E-state index contributed by atoms with van der Waals surface area (Å²) in [5.41, 5.74) is 5.39. The van der Waals surface area contributed by atoms with E-state index < -0.39 is 5.97 Å². The molecule has 4 heteroatoms. The lowest BCUT2D eigenvalue weighted by Crippen LogP contribution is -2.28. The van der Waals surface area contributed by atoms with Crippen LogP contribution < -0.4 is 5.73 Å². The fourth-order valence-corrected chi connectivity index (χ4v) is 1.11. The van der Waals surface area contributed by atoms with E-state index in [-0.39, 0.29) is 24.5 Å². The summed E-state index contributed by atoms with van der Waals surface area (Å²) in [7, 11) is 0. The second-order valence-corrected chi connectivity index (χ2v) is 2.69. The maximum atomic E-state index is 10.3. The molecule has 0 amide bonds. The highest BCUT2D eigenvalue weighted by atomic mass is 16.4. The molecule has 1 fully saturated rings. The van der Waals surface area contributed by atoms with E-state index in [1.807, 2.05) is 0 Å². The summed E-state index contributed by atoms with van der Waals surface area (Å²) >= 11 is 0. The average Bonchev–Trinajstić information content (AvgIpc) is 2.64. The zero-order valence-electron chi connectivity index (χ0n) is 5.53. The molecule has 1 saturated carbocycles. The molecule has 0 aromatic heterocycles. The Morgan fingerprint density at radius 2 is 2.40 bits per heavy atom. The molecule has 0 aliphatic heterocycles. The van der Waals surface area contributed by atoms with Gasteiger partial charge in [0.15, 0.2) is 0 Å². The molecule has 1 aliphatic carbocycles. The van der Waals surface area contributed by atoms with Crippen LogP contribution in [0.5, 0.6) is 0 Å². The molecule has 58 valence electrons. The third-order valence-corrected chi connectivity index (χ3v) is 1.92. The van der Waals surface area contributed by atoms with Crippen molar-refractivity contribution < 1.29 is 15.0 Å². The number of aliphatic hydroxyl groups excluding tert-OH is 1. The van der Waals surface area contributed by atoms with Gasteiger partial charge in [-0.3, -0.25) is 4.79 Å². The number of carboxylic acids is 1. The van der Waals surface area contributed by atoms with Gasteiger partial charge >= 0.3 is 5.97 Å². The number of rotatable bonds is 3. The quantitative estimate of drug-likeness (QED) is 0.477. The molecule has 0 saturated heterocycles. The van der Waals surface area contributed by atoms with Crippen molar-refractivity contribution in [2.75, 3.05) is 6.61 Å². The van der Waals surface area contributed by atoms with Crippen molar-refractivity contribution >= 4 is 5.97 Å². The number of hydrogen-bond donors (Lipinski definition) is 3. The molecule has 0 radical (unpaired) electrons. The number of carboxylic acid groups (broad SMARTS) is 1. The molecule has 10 heavy (non-hydrogen) atoms. The topological polar surface area (TPSA) is 83.5 Å². The lowest BCUT2D eigenvalue weighted by atomic mass is 10.2. The van der Waals surface area contributed by atoms with E-state index in [2.05, 4.69) is 0 Å². The van der Waals surface area contributed by atoms with Gasteiger partial charge in [-0.05, 0) is 12.3 Å². The number of hydrogen-bond acceptors (Lipinski definition) is 3. The first-order chi connectivity index (χ1) is 4.66. The Hall–Kier alpha value is -0.610. The summed E-state index contributed by atoms with van der Waals surface area (Å²) in [6.07, 6.45) is 0.622. The predicted molar refractivity (Wildman–Crippen MR) is 34.3 cm³/mol. The number of aliphatic hydroxyl groups is 1.